The minimum absolute atomic E-state index is 0.173. The second kappa shape index (κ2) is 10.3. The zero-order valence-corrected chi connectivity index (χ0v) is 18.1. The van der Waals surface area contributed by atoms with Gasteiger partial charge in [-0.2, -0.15) is 5.26 Å². The summed E-state index contributed by atoms with van der Waals surface area (Å²) in [7, 11) is 0. The van der Waals surface area contributed by atoms with Gasteiger partial charge < -0.3 is 15.2 Å². The van der Waals surface area contributed by atoms with Crippen molar-refractivity contribution < 1.29 is 9.84 Å². The van der Waals surface area contributed by atoms with Crippen molar-refractivity contribution in [1.29, 1.82) is 5.26 Å². The average molecular weight is 429 g/mol. The van der Waals surface area contributed by atoms with Crippen molar-refractivity contribution >= 4 is 5.95 Å². The molecule has 0 aliphatic heterocycles. The molecule has 1 fully saturated rings. The van der Waals surface area contributed by atoms with E-state index in [9.17, 15) is 5.11 Å². The second-order valence-corrected chi connectivity index (χ2v) is 8.17. The van der Waals surface area contributed by atoms with Gasteiger partial charge in [-0.1, -0.05) is 43.2 Å². The second-order valence-electron chi connectivity index (χ2n) is 8.17. The standard InChI is InChI=1S/C26H28N4O2/c27-17-20-11-13-24(14-12-20)32-16-6-15-28-25-29-18-23(19-30-25)26(31,22-9-4-5-10-22)21-7-2-1-3-8-21/h1-3,7-8,11-14,18-19,22,31H,4-6,9-10,15-16H2,(H,28,29,30). The molecule has 0 amide bonds. The van der Waals surface area contributed by atoms with Crippen molar-refractivity contribution in [3.8, 4) is 11.8 Å². The molecule has 1 aromatic heterocycles. The summed E-state index contributed by atoms with van der Waals surface area (Å²) in [4.78, 5) is 8.93. The lowest BCUT2D eigenvalue weighted by Gasteiger charge is -2.34. The monoisotopic (exact) mass is 428 g/mol. The van der Waals surface area contributed by atoms with Crippen LogP contribution in [0.25, 0.3) is 0 Å². The first-order valence-electron chi connectivity index (χ1n) is 11.2. The van der Waals surface area contributed by atoms with Crippen LogP contribution in [-0.2, 0) is 5.60 Å². The van der Waals surface area contributed by atoms with E-state index in [1.165, 1.54) is 0 Å². The molecule has 2 aromatic carbocycles. The molecule has 32 heavy (non-hydrogen) atoms. The van der Waals surface area contributed by atoms with Gasteiger partial charge in [0.25, 0.3) is 0 Å². The molecule has 4 rings (SSSR count). The van der Waals surface area contributed by atoms with Gasteiger partial charge in [0.15, 0.2) is 0 Å². The fraction of sp³-hybridized carbons (Fsp3) is 0.346. The molecule has 6 nitrogen and oxygen atoms in total. The van der Waals surface area contributed by atoms with E-state index in [0.717, 1.165) is 49.0 Å². The van der Waals surface area contributed by atoms with Gasteiger partial charge in [-0.25, -0.2) is 9.97 Å². The third-order valence-electron chi connectivity index (χ3n) is 6.11. The maximum absolute atomic E-state index is 11.8. The molecule has 2 N–H and O–H groups in total. The van der Waals surface area contributed by atoms with Crippen LogP contribution < -0.4 is 10.1 Å². The Morgan fingerprint density at radius 1 is 1.00 bits per heavy atom. The maximum Gasteiger partial charge on any atom is 0.222 e. The molecule has 1 heterocycles. The molecule has 0 spiro atoms. The molecule has 0 bridgehead atoms. The Morgan fingerprint density at radius 3 is 2.34 bits per heavy atom. The number of aromatic nitrogens is 2. The van der Waals surface area contributed by atoms with Crippen molar-refractivity contribution in [3.63, 3.8) is 0 Å². The third-order valence-corrected chi connectivity index (χ3v) is 6.11. The number of nitrogens with zero attached hydrogens (tertiary/aromatic N) is 3. The summed E-state index contributed by atoms with van der Waals surface area (Å²) < 4.78 is 5.69. The van der Waals surface area contributed by atoms with Crippen LogP contribution in [0.1, 0.15) is 48.8 Å². The smallest absolute Gasteiger partial charge is 0.222 e. The van der Waals surface area contributed by atoms with Crippen LogP contribution in [0.15, 0.2) is 67.0 Å². The lowest BCUT2D eigenvalue weighted by Crippen LogP contribution is -2.35. The average Bonchev–Trinajstić information content (AvgIpc) is 3.40. The Morgan fingerprint density at radius 2 is 1.69 bits per heavy atom. The molecule has 0 radical (unpaired) electrons. The van der Waals surface area contributed by atoms with Gasteiger partial charge in [-0.05, 0) is 55.0 Å². The lowest BCUT2D eigenvalue weighted by atomic mass is 9.76. The molecule has 1 atom stereocenters. The van der Waals surface area contributed by atoms with Gasteiger partial charge in [-0.3, -0.25) is 0 Å². The Labute approximate surface area is 188 Å². The molecule has 1 unspecified atom stereocenters. The minimum Gasteiger partial charge on any atom is -0.494 e. The predicted octanol–water partition coefficient (Wildman–Crippen LogP) is 4.66. The minimum atomic E-state index is -1.06. The van der Waals surface area contributed by atoms with Crippen molar-refractivity contribution in [2.75, 3.05) is 18.5 Å². The van der Waals surface area contributed by atoms with E-state index in [1.54, 1.807) is 36.7 Å². The number of nitriles is 1. The van der Waals surface area contributed by atoms with E-state index >= 15 is 0 Å². The molecule has 164 valence electrons. The van der Waals surface area contributed by atoms with Crippen molar-refractivity contribution in [2.45, 2.75) is 37.7 Å². The van der Waals surface area contributed by atoms with Crippen molar-refractivity contribution in [2.24, 2.45) is 5.92 Å². The molecule has 3 aromatic rings. The molecular weight excluding hydrogens is 400 g/mol. The number of anilines is 1. The summed E-state index contributed by atoms with van der Waals surface area (Å²) in [5, 5.41) is 23.8. The number of benzene rings is 2. The summed E-state index contributed by atoms with van der Waals surface area (Å²) >= 11 is 0. The first kappa shape index (κ1) is 21.8. The van der Waals surface area contributed by atoms with E-state index in [-0.39, 0.29) is 5.92 Å². The van der Waals surface area contributed by atoms with Gasteiger partial charge >= 0.3 is 0 Å². The number of aliphatic hydroxyl groups is 1. The first-order chi connectivity index (χ1) is 15.7. The molecule has 1 saturated carbocycles. The summed E-state index contributed by atoms with van der Waals surface area (Å²) in [6.45, 7) is 1.22. The fourth-order valence-corrected chi connectivity index (χ4v) is 4.38. The highest BCUT2D eigenvalue weighted by molar-refractivity contribution is 5.37. The summed E-state index contributed by atoms with van der Waals surface area (Å²) in [5.41, 5.74) is 1.19. The SMILES string of the molecule is N#Cc1ccc(OCCCNc2ncc(C(O)(c3ccccc3)C3CCCC3)cn2)cc1. The molecule has 1 aliphatic rings. The molecular formula is C26H28N4O2. The van der Waals surface area contributed by atoms with Gasteiger partial charge in [0.1, 0.15) is 11.4 Å². The van der Waals surface area contributed by atoms with Crippen molar-refractivity contribution in [1.82, 2.24) is 9.97 Å². The fourth-order valence-electron chi connectivity index (χ4n) is 4.38. The number of hydrogen-bond donors (Lipinski definition) is 2. The Balaban J connectivity index is 1.34. The van der Waals surface area contributed by atoms with Gasteiger partial charge in [0, 0.05) is 24.5 Å². The van der Waals surface area contributed by atoms with Gasteiger partial charge in [0.2, 0.25) is 5.95 Å². The first-order valence-corrected chi connectivity index (χ1v) is 11.2. The predicted molar refractivity (Wildman–Crippen MR) is 123 cm³/mol. The zero-order valence-electron chi connectivity index (χ0n) is 18.1. The van der Waals surface area contributed by atoms with Gasteiger partial charge in [0.05, 0.1) is 18.2 Å². The van der Waals surface area contributed by atoms with Crippen LogP contribution in [0.4, 0.5) is 5.95 Å². The Kier molecular flexibility index (Phi) is 6.98. The summed E-state index contributed by atoms with van der Waals surface area (Å²) in [5.74, 6) is 1.46. The van der Waals surface area contributed by atoms with Crippen LogP contribution >= 0.6 is 0 Å². The van der Waals surface area contributed by atoms with E-state index in [1.807, 2.05) is 30.3 Å². The quantitative estimate of drug-likeness (QED) is 0.482. The van der Waals surface area contributed by atoms with Crippen molar-refractivity contribution in [3.05, 3.63) is 83.7 Å². The highest BCUT2D eigenvalue weighted by atomic mass is 16.5. The largest absolute Gasteiger partial charge is 0.494 e. The maximum atomic E-state index is 11.8. The highest BCUT2D eigenvalue weighted by Crippen LogP contribution is 2.44. The topological polar surface area (TPSA) is 91.1 Å². The van der Waals surface area contributed by atoms with Crippen LogP contribution in [-0.4, -0.2) is 28.2 Å². The molecule has 0 saturated heterocycles. The normalized spacial score (nSPS) is 15.6. The van der Waals surface area contributed by atoms with Crippen LogP contribution in [0, 0.1) is 17.2 Å². The number of hydrogen-bond acceptors (Lipinski definition) is 6. The van der Waals surface area contributed by atoms with E-state index in [0.29, 0.717) is 24.7 Å². The van der Waals surface area contributed by atoms with E-state index in [4.69, 9.17) is 10.00 Å². The van der Waals surface area contributed by atoms with E-state index in [2.05, 4.69) is 21.4 Å². The van der Waals surface area contributed by atoms with Gasteiger partial charge in [-0.15, -0.1) is 0 Å². The molecule has 1 aliphatic carbocycles. The molecule has 6 heteroatoms. The van der Waals surface area contributed by atoms with Crippen LogP contribution in [0.2, 0.25) is 0 Å². The Bertz CT molecular complexity index is 1030. The van der Waals surface area contributed by atoms with E-state index < -0.39 is 5.60 Å². The number of nitrogens with one attached hydrogen (secondary N) is 1. The highest BCUT2D eigenvalue weighted by Gasteiger charge is 2.41. The Hall–Kier alpha value is -3.43. The number of ether oxygens (including phenoxy) is 1. The number of rotatable bonds is 9. The zero-order chi connectivity index (χ0) is 22.2. The summed E-state index contributed by atoms with van der Waals surface area (Å²) in [6, 6.07) is 19.0. The van der Waals surface area contributed by atoms with Crippen LogP contribution in [0.3, 0.4) is 0 Å². The lowest BCUT2D eigenvalue weighted by molar-refractivity contribution is 0.0182. The summed E-state index contributed by atoms with van der Waals surface area (Å²) in [6.07, 6.45) is 8.56. The van der Waals surface area contributed by atoms with Crippen LogP contribution in [0.5, 0.6) is 5.75 Å². The third kappa shape index (κ3) is 4.90.